The van der Waals surface area contributed by atoms with Gasteiger partial charge < -0.3 is 9.80 Å². The van der Waals surface area contributed by atoms with Crippen LogP contribution in [0.1, 0.15) is 31.7 Å². The summed E-state index contributed by atoms with van der Waals surface area (Å²) >= 11 is 0. The summed E-state index contributed by atoms with van der Waals surface area (Å²) in [7, 11) is 0. The topological polar surface area (TPSA) is 67.2 Å². The molecule has 7 nitrogen and oxygen atoms in total. The smallest absolute Gasteiger partial charge is 0.227 e. The second kappa shape index (κ2) is 7.21. The van der Waals surface area contributed by atoms with Gasteiger partial charge in [0.25, 0.3) is 0 Å². The lowest BCUT2D eigenvalue weighted by atomic mass is 9.95. The van der Waals surface area contributed by atoms with Crippen LogP contribution in [0.15, 0.2) is 36.9 Å². The SMILES string of the molecule is O=C([C@@H]1CCCN(c2ncccn2)C1)N1CCC[C@H](n2cccn2)C1. The molecule has 0 aliphatic carbocycles. The fourth-order valence-corrected chi connectivity index (χ4v) is 3.94. The summed E-state index contributed by atoms with van der Waals surface area (Å²) in [6.07, 6.45) is 11.4. The molecule has 0 radical (unpaired) electrons. The van der Waals surface area contributed by atoms with Gasteiger partial charge in [0, 0.05) is 51.0 Å². The molecule has 2 fully saturated rings. The number of piperidine rings is 2. The Hall–Kier alpha value is -2.44. The number of hydrogen-bond donors (Lipinski definition) is 0. The Kier molecular flexibility index (Phi) is 4.63. The lowest BCUT2D eigenvalue weighted by Crippen LogP contribution is -2.48. The Bertz CT molecular complexity index is 689. The van der Waals surface area contributed by atoms with E-state index in [1.165, 1.54) is 0 Å². The molecule has 0 unspecified atom stereocenters. The molecular formula is C18H24N6O. The van der Waals surface area contributed by atoms with Crippen molar-refractivity contribution in [3.8, 4) is 0 Å². The highest BCUT2D eigenvalue weighted by molar-refractivity contribution is 5.79. The number of aromatic nitrogens is 4. The van der Waals surface area contributed by atoms with Crippen LogP contribution in [0.4, 0.5) is 5.95 Å². The number of carbonyl (C=O) groups excluding carboxylic acids is 1. The van der Waals surface area contributed by atoms with E-state index in [0.717, 1.165) is 51.3 Å². The maximum absolute atomic E-state index is 13.1. The van der Waals surface area contributed by atoms with Crippen LogP contribution in [-0.4, -0.2) is 56.7 Å². The lowest BCUT2D eigenvalue weighted by Gasteiger charge is -2.38. The van der Waals surface area contributed by atoms with E-state index in [1.54, 1.807) is 18.6 Å². The number of nitrogens with zero attached hydrogens (tertiary/aromatic N) is 6. The molecule has 132 valence electrons. The summed E-state index contributed by atoms with van der Waals surface area (Å²) in [6, 6.07) is 4.06. The molecule has 1 amide bonds. The Labute approximate surface area is 147 Å². The van der Waals surface area contributed by atoms with Crippen molar-refractivity contribution in [2.75, 3.05) is 31.1 Å². The molecule has 7 heteroatoms. The molecule has 2 saturated heterocycles. The molecule has 2 aromatic rings. The predicted octanol–water partition coefficient (Wildman–Crippen LogP) is 1.75. The molecule has 4 rings (SSSR count). The molecule has 4 heterocycles. The van der Waals surface area contributed by atoms with Gasteiger partial charge in [-0.15, -0.1) is 0 Å². The molecule has 25 heavy (non-hydrogen) atoms. The van der Waals surface area contributed by atoms with Crippen LogP contribution >= 0.6 is 0 Å². The van der Waals surface area contributed by atoms with E-state index in [-0.39, 0.29) is 11.8 Å². The van der Waals surface area contributed by atoms with Crippen molar-refractivity contribution in [2.24, 2.45) is 5.92 Å². The van der Waals surface area contributed by atoms with Gasteiger partial charge in [0.1, 0.15) is 0 Å². The minimum Gasteiger partial charge on any atom is -0.340 e. The van der Waals surface area contributed by atoms with Crippen LogP contribution in [0.5, 0.6) is 0 Å². The molecule has 2 atom stereocenters. The molecule has 0 N–H and O–H groups in total. The molecular weight excluding hydrogens is 316 g/mol. The molecule has 0 bridgehead atoms. The monoisotopic (exact) mass is 340 g/mol. The van der Waals surface area contributed by atoms with Gasteiger partial charge in [0.2, 0.25) is 11.9 Å². The Morgan fingerprint density at radius 3 is 2.64 bits per heavy atom. The summed E-state index contributed by atoms with van der Waals surface area (Å²) in [5.41, 5.74) is 0. The number of carbonyl (C=O) groups is 1. The highest BCUT2D eigenvalue weighted by Gasteiger charge is 2.33. The van der Waals surface area contributed by atoms with Gasteiger partial charge in [0.05, 0.1) is 12.0 Å². The average molecular weight is 340 g/mol. The highest BCUT2D eigenvalue weighted by Crippen LogP contribution is 2.26. The lowest BCUT2D eigenvalue weighted by molar-refractivity contribution is -0.137. The zero-order chi connectivity index (χ0) is 17.1. The standard InChI is InChI=1S/C18H24N6O/c25-17(22-10-2-6-16(14-22)24-12-4-9-21-24)15-5-1-11-23(13-15)18-19-7-3-8-20-18/h3-4,7-9,12,15-16H,1-2,5-6,10-11,13-14H2/t15-,16+/m1/s1. The van der Waals surface area contributed by atoms with Gasteiger partial charge in [-0.25, -0.2) is 9.97 Å². The Morgan fingerprint density at radius 1 is 1.00 bits per heavy atom. The largest absolute Gasteiger partial charge is 0.340 e. The number of likely N-dealkylation sites (tertiary alicyclic amines) is 1. The number of anilines is 1. The van der Waals surface area contributed by atoms with Crippen LogP contribution < -0.4 is 4.90 Å². The molecule has 0 aromatic carbocycles. The normalized spacial score (nSPS) is 24.3. The Balaban J connectivity index is 1.41. The minimum absolute atomic E-state index is 0.0360. The quantitative estimate of drug-likeness (QED) is 0.852. The van der Waals surface area contributed by atoms with Crippen molar-refractivity contribution >= 4 is 11.9 Å². The molecule has 0 spiro atoms. The van der Waals surface area contributed by atoms with Crippen molar-refractivity contribution in [1.29, 1.82) is 0 Å². The third-order valence-electron chi connectivity index (χ3n) is 5.21. The van der Waals surface area contributed by atoms with E-state index >= 15 is 0 Å². The van der Waals surface area contributed by atoms with Crippen molar-refractivity contribution in [3.05, 3.63) is 36.9 Å². The maximum atomic E-state index is 13.1. The third-order valence-corrected chi connectivity index (χ3v) is 5.21. The van der Waals surface area contributed by atoms with Gasteiger partial charge in [-0.1, -0.05) is 0 Å². The fraction of sp³-hybridized carbons (Fsp3) is 0.556. The van der Waals surface area contributed by atoms with Crippen molar-refractivity contribution in [1.82, 2.24) is 24.6 Å². The first kappa shape index (κ1) is 16.1. The number of rotatable bonds is 3. The van der Waals surface area contributed by atoms with E-state index in [4.69, 9.17) is 0 Å². The summed E-state index contributed by atoms with van der Waals surface area (Å²) in [6.45, 7) is 3.25. The molecule has 0 saturated carbocycles. The van der Waals surface area contributed by atoms with Crippen molar-refractivity contribution < 1.29 is 4.79 Å². The Morgan fingerprint density at radius 2 is 1.84 bits per heavy atom. The van der Waals surface area contributed by atoms with E-state index in [1.807, 2.05) is 27.9 Å². The zero-order valence-corrected chi connectivity index (χ0v) is 14.4. The van der Waals surface area contributed by atoms with Crippen LogP contribution in [0.25, 0.3) is 0 Å². The average Bonchev–Trinajstić information content (AvgIpc) is 3.23. The first-order valence-electron chi connectivity index (χ1n) is 9.11. The van der Waals surface area contributed by atoms with E-state index in [2.05, 4.69) is 20.0 Å². The molecule has 2 aliphatic rings. The summed E-state index contributed by atoms with van der Waals surface area (Å²) in [5.74, 6) is 1.04. The second-order valence-corrected chi connectivity index (χ2v) is 6.90. The van der Waals surface area contributed by atoms with Crippen LogP contribution in [-0.2, 0) is 4.79 Å². The highest BCUT2D eigenvalue weighted by atomic mass is 16.2. The van der Waals surface area contributed by atoms with Gasteiger partial charge in [0.15, 0.2) is 0 Å². The maximum Gasteiger partial charge on any atom is 0.227 e. The van der Waals surface area contributed by atoms with Crippen molar-refractivity contribution in [2.45, 2.75) is 31.7 Å². The first-order valence-corrected chi connectivity index (χ1v) is 9.11. The summed E-state index contributed by atoms with van der Waals surface area (Å²) < 4.78 is 1.99. The number of amides is 1. The molecule has 2 aliphatic heterocycles. The van der Waals surface area contributed by atoms with Crippen molar-refractivity contribution in [3.63, 3.8) is 0 Å². The van der Waals surface area contributed by atoms with Crippen LogP contribution in [0.2, 0.25) is 0 Å². The minimum atomic E-state index is 0.0360. The predicted molar refractivity (Wildman–Crippen MR) is 94.0 cm³/mol. The van der Waals surface area contributed by atoms with E-state index < -0.39 is 0 Å². The van der Waals surface area contributed by atoms with Gasteiger partial charge in [-0.05, 0) is 37.8 Å². The van der Waals surface area contributed by atoms with Gasteiger partial charge >= 0.3 is 0 Å². The molecule has 2 aromatic heterocycles. The number of hydrogen-bond acceptors (Lipinski definition) is 5. The van der Waals surface area contributed by atoms with Crippen LogP contribution in [0, 0.1) is 5.92 Å². The second-order valence-electron chi connectivity index (χ2n) is 6.90. The fourth-order valence-electron chi connectivity index (χ4n) is 3.94. The van der Waals surface area contributed by atoms with Gasteiger partial charge in [-0.2, -0.15) is 5.10 Å². The zero-order valence-electron chi connectivity index (χ0n) is 14.4. The van der Waals surface area contributed by atoms with E-state index in [9.17, 15) is 4.79 Å². The van der Waals surface area contributed by atoms with E-state index in [0.29, 0.717) is 12.6 Å². The summed E-state index contributed by atoms with van der Waals surface area (Å²) in [5, 5.41) is 4.35. The van der Waals surface area contributed by atoms with Gasteiger partial charge in [-0.3, -0.25) is 9.48 Å². The third kappa shape index (κ3) is 3.50. The first-order chi connectivity index (χ1) is 12.3. The summed E-state index contributed by atoms with van der Waals surface area (Å²) in [4.78, 5) is 25.9. The van der Waals surface area contributed by atoms with Crippen LogP contribution in [0.3, 0.4) is 0 Å².